The van der Waals surface area contributed by atoms with Crippen LogP contribution in [0.1, 0.15) is 13.8 Å². The van der Waals surface area contributed by atoms with Gasteiger partial charge in [-0.15, -0.1) is 0 Å². The summed E-state index contributed by atoms with van der Waals surface area (Å²) in [6.07, 6.45) is 0. The normalized spacial score (nSPS) is 19.6. The zero-order valence-electron chi connectivity index (χ0n) is 10.8. The Morgan fingerprint density at radius 3 is 2.50 bits per heavy atom. The molecule has 1 aromatic rings. The number of barbiturate groups is 1. The van der Waals surface area contributed by atoms with E-state index >= 15 is 0 Å². The number of rotatable bonds is 2. The monoisotopic (exact) mass is 298 g/mol. The first-order valence-electron chi connectivity index (χ1n) is 5.97. The number of para-hydroxylation sites is 1. The first-order valence-corrected chi connectivity index (χ1v) is 6.35. The van der Waals surface area contributed by atoms with Crippen molar-refractivity contribution in [1.29, 1.82) is 0 Å². The molecule has 1 aliphatic rings. The maximum Gasteiger partial charge on any atom is 0.335 e. The molecule has 0 saturated carbocycles. The van der Waals surface area contributed by atoms with Crippen molar-refractivity contribution in [2.45, 2.75) is 13.8 Å². The number of hydrogen-bond donors (Lipinski definition) is 1. The summed E-state index contributed by atoms with van der Waals surface area (Å²) in [4.78, 5) is 36.4. The highest BCUT2D eigenvalue weighted by atomic mass is 35.5. The van der Waals surface area contributed by atoms with Crippen LogP contribution in [0.2, 0.25) is 5.02 Å². The highest BCUT2D eigenvalue weighted by Gasteiger charge is 2.44. The van der Waals surface area contributed by atoms with Crippen LogP contribution in [0.15, 0.2) is 18.2 Å². The quantitative estimate of drug-likeness (QED) is 0.852. The number of urea groups is 1. The largest absolute Gasteiger partial charge is 0.335 e. The minimum Gasteiger partial charge on any atom is -0.277 e. The van der Waals surface area contributed by atoms with E-state index in [4.69, 9.17) is 11.6 Å². The smallest absolute Gasteiger partial charge is 0.277 e. The van der Waals surface area contributed by atoms with Gasteiger partial charge in [-0.2, -0.15) is 0 Å². The second-order valence-electron chi connectivity index (χ2n) is 4.76. The van der Waals surface area contributed by atoms with E-state index in [0.717, 1.165) is 6.07 Å². The number of amides is 4. The fourth-order valence-corrected chi connectivity index (χ4v) is 2.34. The standard InChI is InChI=1S/C13H12ClFN2O3/c1-6(2)9-11(18)16-13(20)17(12(9)19)10-7(14)4-3-5-8(10)15/h3-6,9H,1-2H3,(H,16,18,20). The van der Waals surface area contributed by atoms with Crippen LogP contribution in [0.4, 0.5) is 14.9 Å². The maximum absolute atomic E-state index is 13.9. The summed E-state index contributed by atoms with van der Waals surface area (Å²) in [5, 5.41) is 1.97. The van der Waals surface area contributed by atoms with Crippen LogP contribution in [-0.2, 0) is 9.59 Å². The van der Waals surface area contributed by atoms with Gasteiger partial charge in [0.15, 0.2) is 0 Å². The first kappa shape index (κ1) is 14.5. The van der Waals surface area contributed by atoms with Gasteiger partial charge in [-0.3, -0.25) is 14.9 Å². The molecule has 2 rings (SSSR count). The molecule has 5 nitrogen and oxygen atoms in total. The van der Waals surface area contributed by atoms with Crippen molar-refractivity contribution in [3.05, 3.63) is 29.0 Å². The van der Waals surface area contributed by atoms with Crippen molar-refractivity contribution in [3.8, 4) is 0 Å². The SMILES string of the molecule is CC(C)C1C(=O)NC(=O)N(c2c(F)cccc2Cl)C1=O. The van der Waals surface area contributed by atoms with Crippen LogP contribution in [0.3, 0.4) is 0 Å². The second-order valence-corrected chi connectivity index (χ2v) is 5.17. The van der Waals surface area contributed by atoms with Gasteiger partial charge in [-0.1, -0.05) is 31.5 Å². The van der Waals surface area contributed by atoms with E-state index < -0.39 is 29.6 Å². The lowest BCUT2D eigenvalue weighted by atomic mass is 9.92. The molecule has 106 valence electrons. The molecule has 0 spiro atoms. The molecule has 20 heavy (non-hydrogen) atoms. The Morgan fingerprint density at radius 1 is 1.30 bits per heavy atom. The molecule has 1 aliphatic heterocycles. The van der Waals surface area contributed by atoms with Gasteiger partial charge >= 0.3 is 6.03 Å². The number of nitrogens with zero attached hydrogens (tertiary/aromatic N) is 1. The predicted molar refractivity (Wildman–Crippen MR) is 70.8 cm³/mol. The van der Waals surface area contributed by atoms with Crippen LogP contribution >= 0.6 is 11.6 Å². The zero-order chi connectivity index (χ0) is 15.0. The number of halogens is 2. The molecule has 0 bridgehead atoms. The van der Waals surface area contributed by atoms with E-state index in [9.17, 15) is 18.8 Å². The van der Waals surface area contributed by atoms with Crippen LogP contribution in [0, 0.1) is 17.7 Å². The molecule has 1 saturated heterocycles. The summed E-state index contributed by atoms with van der Waals surface area (Å²) in [7, 11) is 0. The molecule has 1 N–H and O–H groups in total. The highest BCUT2D eigenvalue weighted by Crippen LogP contribution is 2.32. The first-order chi connectivity index (χ1) is 9.34. The molecule has 1 atom stereocenters. The van der Waals surface area contributed by atoms with Crippen molar-refractivity contribution in [3.63, 3.8) is 0 Å². The number of carbonyl (C=O) groups is 3. The number of hydrogen-bond acceptors (Lipinski definition) is 3. The topological polar surface area (TPSA) is 66.5 Å². The molecule has 1 fully saturated rings. The predicted octanol–water partition coefficient (Wildman–Crippen LogP) is 2.33. The number of nitrogens with one attached hydrogen (secondary N) is 1. The molecule has 1 aromatic carbocycles. The second kappa shape index (κ2) is 5.20. The Labute approximate surface area is 119 Å². The van der Waals surface area contributed by atoms with E-state index in [0.29, 0.717) is 4.90 Å². The van der Waals surface area contributed by atoms with Crippen molar-refractivity contribution in [1.82, 2.24) is 5.32 Å². The summed E-state index contributed by atoms with van der Waals surface area (Å²) >= 11 is 5.86. The Morgan fingerprint density at radius 2 is 1.95 bits per heavy atom. The fourth-order valence-electron chi connectivity index (χ4n) is 2.09. The minimum absolute atomic E-state index is 0.0784. The third-order valence-electron chi connectivity index (χ3n) is 3.03. The number of anilines is 1. The van der Waals surface area contributed by atoms with Gasteiger partial charge in [0.1, 0.15) is 17.4 Å². The van der Waals surface area contributed by atoms with Gasteiger partial charge in [0.25, 0.3) is 0 Å². The molecule has 0 aliphatic carbocycles. The van der Waals surface area contributed by atoms with E-state index in [1.165, 1.54) is 12.1 Å². The van der Waals surface area contributed by atoms with Crippen molar-refractivity contribution in [2.75, 3.05) is 4.90 Å². The van der Waals surface area contributed by atoms with Gasteiger partial charge in [0.05, 0.1) is 5.02 Å². The van der Waals surface area contributed by atoms with Crippen LogP contribution in [0.5, 0.6) is 0 Å². The lowest BCUT2D eigenvalue weighted by Crippen LogP contribution is -2.59. The Kier molecular flexibility index (Phi) is 3.76. The number of carbonyl (C=O) groups excluding carboxylic acids is 3. The molecular weight excluding hydrogens is 287 g/mol. The Hall–Kier alpha value is -1.95. The molecule has 1 heterocycles. The van der Waals surface area contributed by atoms with Crippen LogP contribution in [0.25, 0.3) is 0 Å². The third kappa shape index (κ3) is 2.27. The van der Waals surface area contributed by atoms with Crippen LogP contribution < -0.4 is 10.2 Å². The molecule has 4 amide bonds. The maximum atomic E-state index is 13.9. The third-order valence-corrected chi connectivity index (χ3v) is 3.33. The minimum atomic E-state index is -1.05. The van der Waals surface area contributed by atoms with Crippen molar-refractivity contribution in [2.24, 2.45) is 11.8 Å². The lowest BCUT2D eigenvalue weighted by molar-refractivity contribution is -0.136. The van der Waals surface area contributed by atoms with Gasteiger partial charge in [0, 0.05) is 0 Å². The van der Waals surface area contributed by atoms with E-state index in [1.54, 1.807) is 13.8 Å². The average molecular weight is 299 g/mol. The van der Waals surface area contributed by atoms with Gasteiger partial charge in [-0.25, -0.2) is 14.1 Å². The number of benzene rings is 1. The average Bonchev–Trinajstić information content (AvgIpc) is 2.31. The summed E-state index contributed by atoms with van der Waals surface area (Å²) in [6.45, 7) is 3.33. The van der Waals surface area contributed by atoms with E-state index in [1.807, 2.05) is 5.32 Å². The molecule has 0 radical (unpaired) electrons. The van der Waals surface area contributed by atoms with Gasteiger partial charge in [0.2, 0.25) is 11.8 Å². The lowest BCUT2D eigenvalue weighted by Gasteiger charge is -2.32. The zero-order valence-corrected chi connectivity index (χ0v) is 11.6. The summed E-state index contributed by atoms with van der Waals surface area (Å²) in [5.74, 6) is -3.65. The highest BCUT2D eigenvalue weighted by molar-refractivity contribution is 6.36. The van der Waals surface area contributed by atoms with E-state index in [-0.39, 0.29) is 16.6 Å². The number of imide groups is 2. The Balaban J connectivity index is 2.52. The Bertz CT molecular complexity index is 583. The van der Waals surface area contributed by atoms with Crippen LogP contribution in [-0.4, -0.2) is 17.8 Å². The summed E-state index contributed by atoms with van der Waals surface area (Å²) in [6, 6.07) is 2.81. The summed E-state index contributed by atoms with van der Waals surface area (Å²) < 4.78 is 13.9. The molecule has 0 aromatic heterocycles. The molecule has 7 heteroatoms. The van der Waals surface area contributed by atoms with Crippen molar-refractivity contribution < 1.29 is 18.8 Å². The molecular formula is C13H12ClFN2O3. The summed E-state index contributed by atoms with van der Waals surface area (Å²) in [5.41, 5.74) is -0.338. The van der Waals surface area contributed by atoms with Gasteiger partial charge in [-0.05, 0) is 18.1 Å². The fraction of sp³-hybridized carbons (Fsp3) is 0.308. The van der Waals surface area contributed by atoms with E-state index in [2.05, 4.69) is 0 Å². The van der Waals surface area contributed by atoms with Crippen molar-refractivity contribution >= 4 is 35.1 Å². The molecule has 1 unspecified atom stereocenters. The van der Waals surface area contributed by atoms with Gasteiger partial charge < -0.3 is 0 Å².